The van der Waals surface area contributed by atoms with Gasteiger partial charge in [-0.2, -0.15) is 0 Å². The molecule has 2 heteroatoms. The van der Waals surface area contributed by atoms with Crippen LogP contribution in [0, 0.1) is 23.7 Å². The summed E-state index contributed by atoms with van der Waals surface area (Å²) in [6, 6.07) is 0. The molecule has 0 amide bonds. The van der Waals surface area contributed by atoms with Crippen LogP contribution in [0.3, 0.4) is 0 Å². The lowest BCUT2D eigenvalue weighted by Gasteiger charge is -2.27. The van der Waals surface area contributed by atoms with Gasteiger partial charge >= 0.3 is 0 Å². The van der Waals surface area contributed by atoms with Crippen molar-refractivity contribution in [2.24, 2.45) is 23.7 Å². The zero-order valence-corrected chi connectivity index (χ0v) is 9.82. The molecule has 0 spiro atoms. The van der Waals surface area contributed by atoms with Crippen molar-refractivity contribution in [3.05, 3.63) is 12.2 Å². The fourth-order valence-corrected chi connectivity index (χ4v) is 3.39. The Labute approximate surface area is 92.6 Å². The quantitative estimate of drug-likeness (QED) is 0.627. The van der Waals surface area contributed by atoms with Gasteiger partial charge in [-0.3, -0.25) is 0 Å². The van der Waals surface area contributed by atoms with Gasteiger partial charge in [0.05, 0.1) is 0 Å². The first-order valence-electron chi connectivity index (χ1n) is 6.03. The topological polar surface area (TPSA) is 18.5 Å². The number of methoxy groups -OCH3 is 2. The summed E-state index contributed by atoms with van der Waals surface area (Å²) in [5.74, 6) is 3.34. The molecule has 0 saturated heterocycles. The predicted molar refractivity (Wildman–Crippen MR) is 60.7 cm³/mol. The molecule has 2 bridgehead atoms. The first-order chi connectivity index (χ1) is 7.36. The average molecular weight is 210 g/mol. The SMILES string of the molecule is COCCC1C2C=CC(C2)C1CCOC. The predicted octanol–water partition coefficient (Wildman–Crippen LogP) is 2.50. The molecular formula is C13H22O2. The molecular weight excluding hydrogens is 188 g/mol. The second kappa shape index (κ2) is 5.13. The first-order valence-corrected chi connectivity index (χ1v) is 6.03. The van der Waals surface area contributed by atoms with Crippen molar-refractivity contribution in [1.29, 1.82) is 0 Å². The highest BCUT2D eigenvalue weighted by Gasteiger charge is 2.43. The molecule has 2 rings (SSSR count). The largest absolute Gasteiger partial charge is 0.385 e. The Morgan fingerprint density at radius 3 is 1.80 bits per heavy atom. The standard InChI is InChI=1S/C13H22O2/c1-14-7-5-12-10-3-4-11(9-10)13(12)6-8-15-2/h3-4,10-13H,5-9H2,1-2H3. The van der Waals surface area contributed by atoms with E-state index in [1.54, 1.807) is 14.2 Å². The van der Waals surface area contributed by atoms with Crippen LogP contribution >= 0.6 is 0 Å². The van der Waals surface area contributed by atoms with E-state index in [0.717, 1.165) is 36.9 Å². The van der Waals surface area contributed by atoms with Gasteiger partial charge in [0.2, 0.25) is 0 Å². The zero-order valence-electron chi connectivity index (χ0n) is 9.82. The van der Waals surface area contributed by atoms with E-state index in [1.165, 1.54) is 19.3 Å². The Morgan fingerprint density at radius 2 is 1.40 bits per heavy atom. The van der Waals surface area contributed by atoms with Crippen molar-refractivity contribution in [3.63, 3.8) is 0 Å². The van der Waals surface area contributed by atoms with E-state index >= 15 is 0 Å². The van der Waals surface area contributed by atoms with E-state index in [1.807, 2.05) is 0 Å². The monoisotopic (exact) mass is 210 g/mol. The molecule has 0 aromatic rings. The highest BCUT2D eigenvalue weighted by atomic mass is 16.5. The number of hydrogen-bond donors (Lipinski definition) is 0. The minimum Gasteiger partial charge on any atom is -0.385 e. The van der Waals surface area contributed by atoms with Crippen molar-refractivity contribution in [3.8, 4) is 0 Å². The van der Waals surface area contributed by atoms with Crippen molar-refractivity contribution < 1.29 is 9.47 Å². The third-order valence-corrected chi connectivity index (χ3v) is 4.11. The molecule has 86 valence electrons. The minimum absolute atomic E-state index is 0.826. The molecule has 0 N–H and O–H groups in total. The van der Waals surface area contributed by atoms with Crippen LogP contribution in [0.2, 0.25) is 0 Å². The molecule has 2 nitrogen and oxygen atoms in total. The molecule has 1 fully saturated rings. The van der Waals surface area contributed by atoms with Crippen LogP contribution in [0.15, 0.2) is 12.2 Å². The van der Waals surface area contributed by atoms with Crippen LogP contribution in [0.4, 0.5) is 0 Å². The molecule has 2 aliphatic carbocycles. The molecule has 0 radical (unpaired) electrons. The highest BCUT2D eigenvalue weighted by molar-refractivity contribution is 5.13. The normalized spacial score (nSPS) is 37.7. The van der Waals surface area contributed by atoms with Gasteiger partial charge in [-0.05, 0) is 42.9 Å². The molecule has 0 aliphatic heterocycles. The van der Waals surface area contributed by atoms with Crippen LogP contribution in [-0.2, 0) is 9.47 Å². The van der Waals surface area contributed by atoms with Crippen molar-refractivity contribution in [1.82, 2.24) is 0 Å². The molecule has 4 unspecified atom stereocenters. The number of ether oxygens (including phenoxy) is 2. The smallest absolute Gasteiger partial charge is 0.0465 e. The Morgan fingerprint density at radius 1 is 0.933 bits per heavy atom. The third kappa shape index (κ3) is 2.26. The second-order valence-corrected chi connectivity index (χ2v) is 4.84. The summed E-state index contributed by atoms with van der Waals surface area (Å²) < 4.78 is 10.4. The van der Waals surface area contributed by atoms with Gasteiger partial charge in [0.15, 0.2) is 0 Å². The lowest BCUT2D eigenvalue weighted by atomic mass is 9.79. The molecule has 0 heterocycles. The summed E-state index contributed by atoms with van der Waals surface area (Å²) in [6.07, 6.45) is 8.66. The Bertz CT molecular complexity index is 203. The lowest BCUT2D eigenvalue weighted by Crippen LogP contribution is -2.22. The number of allylic oxidation sites excluding steroid dienone is 2. The maximum Gasteiger partial charge on any atom is 0.0465 e. The Kier molecular flexibility index (Phi) is 3.81. The van der Waals surface area contributed by atoms with Gasteiger partial charge in [0.1, 0.15) is 0 Å². The Balaban J connectivity index is 1.91. The van der Waals surface area contributed by atoms with E-state index in [0.29, 0.717) is 0 Å². The summed E-state index contributed by atoms with van der Waals surface area (Å²) in [5.41, 5.74) is 0. The number of fused-ring (bicyclic) bond motifs is 2. The van der Waals surface area contributed by atoms with Gasteiger partial charge in [-0.25, -0.2) is 0 Å². The summed E-state index contributed by atoms with van der Waals surface area (Å²) >= 11 is 0. The van der Waals surface area contributed by atoms with E-state index in [-0.39, 0.29) is 0 Å². The fraction of sp³-hybridized carbons (Fsp3) is 0.846. The summed E-state index contributed by atoms with van der Waals surface area (Å²) in [4.78, 5) is 0. The van der Waals surface area contributed by atoms with Crippen molar-refractivity contribution >= 4 is 0 Å². The molecule has 2 aliphatic rings. The van der Waals surface area contributed by atoms with Crippen LogP contribution in [-0.4, -0.2) is 27.4 Å². The van der Waals surface area contributed by atoms with Gasteiger partial charge < -0.3 is 9.47 Å². The molecule has 1 saturated carbocycles. The van der Waals surface area contributed by atoms with E-state index in [4.69, 9.17) is 9.47 Å². The van der Waals surface area contributed by atoms with Gasteiger partial charge in [0.25, 0.3) is 0 Å². The number of hydrogen-bond acceptors (Lipinski definition) is 2. The van der Waals surface area contributed by atoms with E-state index in [9.17, 15) is 0 Å². The molecule has 15 heavy (non-hydrogen) atoms. The van der Waals surface area contributed by atoms with Crippen molar-refractivity contribution in [2.45, 2.75) is 19.3 Å². The van der Waals surface area contributed by atoms with E-state index < -0.39 is 0 Å². The number of rotatable bonds is 6. The summed E-state index contributed by atoms with van der Waals surface area (Å²) in [7, 11) is 3.60. The highest BCUT2D eigenvalue weighted by Crippen LogP contribution is 2.50. The molecule has 4 atom stereocenters. The van der Waals surface area contributed by atoms with Crippen LogP contribution in [0.5, 0.6) is 0 Å². The van der Waals surface area contributed by atoms with Crippen molar-refractivity contribution in [2.75, 3.05) is 27.4 Å². The third-order valence-electron chi connectivity index (χ3n) is 4.11. The van der Waals surface area contributed by atoms with Crippen LogP contribution in [0.25, 0.3) is 0 Å². The lowest BCUT2D eigenvalue weighted by molar-refractivity contribution is 0.126. The fourth-order valence-electron chi connectivity index (χ4n) is 3.39. The van der Waals surface area contributed by atoms with Crippen LogP contribution in [0.1, 0.15) is 19.3 Å². The van der Waals surface area contributed by atoms with E-state index in [2.05, 4.69) is 12.2 Å². The first kappa shape index (κ1) is 11.2. The second-order valence-electron chi connectivity index (χ2n) is 4.84. The average Bonchev–Trinajstić information content (AvgIpc) is 2.83. The molecule has 0 aromatic carbocycles. The minimum atomic E-state index is 0.826. The van der Waals surface area contributed by atoms with Gasteiger partial charge in [-0.1, -0.05) is 12.2 Å². The summed E-state index contributed by atoms with van der Waals surface area (Å²) in [5, 5.41) is 0. The zero-order chi connectivity index (χ0) is 10.7. The Hall–Kier alpha value is -0.340. The van der Waals surface area contributed by atoms with Gasteiger partial charge in [-0.15, -0.1) is 0 Å². The van der Waals surface area contributed by atoms with Gasteiger partial charge in [0, 0.05) is 27.4 Å². The maximum atomic E-state index is 5.21. The maximum absolute atomic E-state index is 5.21. The van der Waals surface area contributed by atoms with Crippen LogP contribution < -0.4 is 0 Å². The summed E-state index contributed by atoms with van der Waals surface area (Å²) in [6.45, 7) is 1.82. The molecule has 0 aromatic heterocycles.